The highest BCUT2D eigenvalue weighted by molar-refractivity contribution is 6.30. The topological polar surface area (TPSA) is 76.4 Å². The number of ether oxygens (including phenoxy) is 1. The molecule has 1 saturated heterocycles. The molecule has 1 aliphatic heterocycles. The fourth-order valence-corrected chi connectivity index (χ4v) is 2.97. The largest absolute Gasteiger partial charge is 0.450 e. The average Bonchev–Trinajstić information content (AvgIpc) is 3.13. The summed E-state index contributed by atoms with van der Waals surface area (Å²) in [4.78, 5) is 16.7. The van der Waals surface area contributed by atoms with Crippen molar-refractivity contribution in [3.63, 3.8) is 0 Å². The highest BCUT2D eigenvalue weighted by atomic mass is 35.5. The minimum absolute atomic E-state index is 0.115. The van der Waals surface area contributed by atoms with Crippen LogP contribution in [-0.4, -0.2) is 68.9 Å². The van der Waals surface area contributed by atoms with Gasteiger partial charge in [0.2, 0.25) is 0 Å². The van der Waals surface area contributed by atoms with Crippen LogP contribution in [-0.2, 0) is 4.74 Å². The van der Waals surface area contributed by atoms with E-state index in [0.717, 1.165) is 4.80 Å². The third-order valence-electron chi connectivity index (χ3n) is 4.31. The van der Waals surface area contributed by atoms with Gasteiger partial charge >= 0.3 is 6.09 Å². The Hall–Kier alpha value is -2.26. The maximum Gasteiger partial charge on any atom is 0.409 e. The molecule has 26 heavy (non-hydrogen) atoms. The van der Waals surface area contributed by atoms with Gasteiger partial charge in [-0.1, -0.05) is 11.6 Å². The van der Waals surface area contributed by atoms with Gasteiger partial charge in [0, 0.05) is 31.2 Å². The predicted molar refractivity (Wildman–Crippen MR) is 92.7 cm³/mol. The van der Waals surface area contributed by atoms with Crippen LogP contribution < -0.4 is 0 Å². The fraction of sp³-hybridized carbons (Fsp3) is 0.500. The lowest BCUT2D eigenvalue weighted by atomic mass is 10.2. The molecular weight excluding hydrogens is 363 g/mol. The molecule has 1 aromatic carbocycles. The number of nitrogens with zero attached hydrogens (tertiary/aromatic N) is 6. The van der Waals surface area contributed by atoms with E-state index in [-0.39, 0.29) is 17.8 Å². The minimum Gasteiger partial charge on any atom is -0.450 e. The molecular formula is C16H20ClFN6O2. The molecule has 1 amide bonds. The number of aromatic nitrogens is 4. The summed E-state index contributed by atoms with van der Waals surface area (Å²) in [7, 11) is 0. The lowest BCUT2D eigenvalue weighted by molar-refractivity contribution is 0.0673. The molecule has 1 fully saturated rings. The second-order valence-corrected chi connectivity index (χ2v) is 6.37. The zero-order valence-electron chi connectivity index (χ0n) is 14.6. The van der Waals surface area contributed by atoms with Crippen LogP contribution in [0.4, 0.5) is 9.18 Å². The van der Waals surface area contributed by atoms with Gasteiger partial charge in [0.15, 0.2) is 11.6 Å². The van der Waals surface area contributed by atoms with Crippen LogP contribution in [0, 0.1) is 5.82 Å². The van der Waals surface area contributed by atoms with Gasteiger partial charge in [-0.25, -0.2) is 9.18 Å². The molecule has 0 saturated carbocycles. The van der Waals surface area contributed by atoms with Crippen molar-refractivity contribution in [2.75, 3.05) is 32.8 Å². The SMILES string of the molecule is CCOC(=O)N1CCN([C@@H](C)c2nnn(-c3cc(Cl)ccc3F)n2)CC1. The summed E-state index contributed by atoms with van der Waals surface area (Å²) in [6.07, 6.45) is -0.291. The van der Waals surface area contributed by atoms with Gasteiger partial charge < -0.3 is 9.64 Å². The number of tetrazole rings is 1. The Morgan fingerprint density at radius 2 is 2.08 bits per heavy atom. The van der Waals surface area contributed by atoms with Crippen molar-refractivity contribution in [1.82, 2.24) is 30.0 Å². The molecule has 8 nitrogen and oxygen atoms in total. The van der Waals surface area contributed by atoms with Gasteiger partial charge in [0.05, 0.1) is 12.6 Å². The van der Waals surface area contributed by atoms with Crippen LogP contribution in [0.1, 0.15) is 25.7 Å². The van der Waals surface area contributed by atoms with Crippen molar-refractivity contribution >= 4 is 17.7 Å². The van der Waals surface area contributed by atoms with Gasteiger partial charge in [0.1, 0.15) is 5.69 Å². The van der Waals surface area contributed by atoms with E-state index in [4.69, 9.17) is 16.3 Å². The summed E-state index contributed by atoms with van der Waals surface area (Å²) in [6, 6.07) is 4.06. The third-order valence-corrected chi connectivity index (χ3v) is 4.55. The van der Waals surface area contributed by atoms with Crippen LogP contribution in [0.2, 0.25) is 5.02 Å². The van der Waals surface area contributed by atoms with Crippen molar-refractivity contribution < 1.29 is 13.9 Å². The van der Waals surface area contributed by atoms with Gasteiger partial charge in [-0.05, 0) is 37.3 Å². The Morgan fingerprint density at radius 3 is 2.77 bits per heavy atom. The molecule has 0 unspecified atom stereocenters. The van der Waals surface area contributed by atoms with E-state index >= 15 is 0 Å². The number of carbonyl (C=O) groups is 1. The lowest BCUT2D eigenvalue weighted by Crippen LogP contribution is -2.49. The molecule has 0 bridgehead atoms. The normalized spacial score (nSPS) is 16.5. The Labute approximate surface area is 155 Å². The number of benzene rings is 1. The first-order valence-electron chi connectivity index (χ1n) is 8.40. The molecule has 0 N–H and O–H groups in total. The van der Waals surface area contributed by atoms with E-state index in [0.29, 0.717) is 43.6 Å². The van der Waals surface area contributed by atoms with Crippen molar-refractivity contribution in [1.29, 1.82) is 0 Å². The Balaban J connectivity index is 1.66. The standard InChI is InChI=1S/C16H20ClFN6O2/c1-3-26-16(25)23-8-6-22(7-9-23)11(2)15-19-21-24(20-15)14-10-12(17)4-5-13(14)18/h4-5,10-11H,3,6-9H2,1-2H3/t11-/m0/s1. The summed E-state index contributed by atoms with van der Waals surface area (Å²) >= 11 is 5.91. The molecule has 0 radical (unpaired) electrons. The molecule has 2 aromatic rings. The number of rotatable bonds is 4. The Morgan fingerprint density at radius 1 is 1.35 bits per heavy atom. The summed E-state index contributed by atoms with van der Waals surface area (Å²) < 4.78 is 19.0. The summed E-state index contributed by atoms with van der Waals surface area (Å²) in [5, 5.41) is 12.7. The first kappa shape index (κ1) is 18.5. The summed E-state index contributed by atoms with van der Waals surface area (Å²) in [5.41, 5.74) is 0.149. The second-order valence-electron chi connectivity index (χ2n) is 5.93. The van der Waals surface area contributed by atoms with Gasteiger partial charge in [-0.2, -0.15) is 0 Å². The molecule has 1 aromatic heterocycles. The first-order chi connectivity index (χ1) is 12.5. The van der Waals surface area contributed by atoms with E-state index < -0.39 is 5.82 Å². The Bertz CT molecular complexity index is 778. The molecule has 2 heterocycles. The van der Waals surface area contributed by atoms with Crippen molar-refractivity contribution in [3.05, 3.63) is 34.9 Å². The van der Waals surface area contributed by atoms with Crippen LogP contribution in [0.5, 0.6) is 0 Å². The zero-order valence-corrected chi connectivity index (χ0v) is 15.4. The maximum absolute atomic E-state index is 14.0. The van der Waals surface area contributed by atoms with Crippen LogP contribution in [0.15, 0.2) is 18.2 Å². The second kappa shape index (κ2) is 7.96. The quantitative estimate of drug-likeness (QED) is 0.807. The maximum atomic E-state index is 14.0. The smallest absolute Gasteiger partial charge is 0.409 e. The predicted octanol–water partition coefficient (Wildman–Crippen LogP) is 2.29. The molecule has 0 spiro atoms. The van der Waals surface area contributed by atoms with E-state index in [1.807, 2.05) is 6.92 Å². The summed E-state index contributed by atoms with van der Waals surface area (Å²) in [5.74, 6) is 0.00279. The van der Waals surface area contributed by atoms with Crippen molar-refractivity contribution in [2.24, 2.45) is 0 Å². The molecule has 1 aliphatic rings. The minimum atomic E-state index is -0.478. The van der Waals surface area contributed by atoms with E-state index in [2.05, 4.69) is 20.3 Å². The summed E-state index contributed by atoms with van der Waals surface area (Å²) in [6.45, 7) is 6.58. The van der Waals surface area contributed by atoms with Crippen molar-refractivity contribution in [3.8, 4) is 5.69 Å². The highest BCUT2D eigenvalue weighted by Gasteiger charge is 2.27. The molecule has 3 rings (SSSR count). The van der Waals surface area contributed by atoms with Gasteiger partial charge in [-0.15, -0.1) is 15.0 Å². The molecule has 0 aliphatic carbocycles. The lowest BCUT2D eigenvalue weighted by Gasteiger charge is -2.36. The number of hydrogen-bond donors (Lipinski definition) is 0. The highest BCUT2D eigenvalue weighted by Crippen LogP contribution is 2.21. The van der Waals surface area contributed by atoms with Crippen molar-refractivity contribution in [2.45, 2.75) is 19.9 Å². The van der Waals surface area contributed by atoms with E-state index in [9.17, 15) is 9.18 Å². The van der Waals surface area contributed by atoms with Crippen LogP contribution >= 0.6 is 11.6 Å². The van der Waals surface area contributed by atoms with E-state index in [1.165, 1.54) is 18.2 Å². The molecule has 1 atom stereocenters. The zero-order chi connectivity index (χ0) is 18.7. The van der Waals surface area contributed by atoms with Crippen LogP contribution in [0.3, 0.4) is 0 Å². The number of hydrogen-bond acceptors (Lipinski definition) is 6. The number of carbonyl (C=O) groups excluding carboxylic acids is 1. The van der Waals surface area contributed by atoms with Gasteiger partial charge in [0.25, 0.3) is 0 Å². The number of piperazine rings is 1. The monoisotopic (exact) mass is 382 g/mol. The third kappa shape index (κ3) is 3.94. The van der Waals surface area contributed by atoms with Gasteiger partial charge in [-0.3, -0.25) is 4.90 Å². The molecule has 140 valence electrons. The number of halogens is 2. The average molecular weight is 383 g/mol. The first-order valence-corrected chi connectivity index (χ1v) is 8.78. The van der Waals surface area contributed by atoms with Crippen LogP contribution in [0.25, 0.3) is 5.69 Å². The van der Waals surface area contributed by atoms with E-state index in [1.54, 1.807) is 11.8 Å². The fourth-order valence-electron chi connectivity index (χ4n) is 2.80. The Kier molecular flexibility index (Phi) is 5.67. The molecule has 10 heteroatoms. The number of amides is 1.